The molecule has 12 nitrogen and oxygen atoms in total. The van der Waals surface area contributed by atoms with Gasteiger partial charge < -0.3 is 30.7 Å². The van der Waals surface area contributed by atoms with Gasteiger partial charge in [0.05, 0.1) is 12.1 Å². The number of benzene rings is 3. The minimum Gasteiger partial charge on any atom is -0.444 e. The summed E-state index contributed by atoms with van der Waals surface area (Å²) in [4.78, 5) is 67.3. The number of likely N-dealkylation sites (N-methyl/N-ethyl adjacent to an activating group) is 1. The summed E-state index contributed by atoms with van der Waals surface area (Å²) in [7, 11) is 1.65. The van der Waals surface area contributed by atoms with Crippen LogP contribution >= 0.6 is 0 Å². The fourth-order valence-corrected chi connectivity index (χ4v) is 5.40. The van der Waals surface area contributed by atoms with Crippen LogP contribution in [0.25, 0.3) is 10.9 Å². The Balaban J connectivity index is 1.64. The average molecular weight is 670 g/mol. The summed E-state index contributed by atoms with van der Waals surface area (Å²) in [5, 5.41) is 18.5. The smallest absolute Gasteiger partial charge is 0.408 e. The Kier molecular flexibility index (Phi) is 12.3. The molecular formula is C37H43N5O7. The van der Waals surface area contributed by atoms with Gasteiger partial charge in [0.2, 0.25) is 24.1 Å². The molecule has 3 atom stereocenters. The van der Waals surface area contributed by atoms with Gasteiger partial charge in [0, 0.05) is 38.0 Å². The minimum absolute atomic E-state index is 0.0738. The lowest BCUT2D eigenvalue weighted by molar-refractivity contribution is -0.137. The summed E-state index contributed by atoms with van der Waals surface area (Å²) >= 11 is 0. The van der Waals surface area contributed by atoms with Gasteiger partial charge in [0.25, 0.3) is 0 Å². The number of fused-ring (bicyclic) bond motifs is 1. The van der Waals surface area contributed by atoms with Crippen molar-refractivity contribution >= 4 is 41.1 Å². The fourth-order valence-electron chi connectivity index (χ4n) is 5.40. The highest BCUT2D eigenvalue weighted by Crippen LogP contribution is 2.22. The lowest BCUT2D eigenvalue weighted by Crippen LogP contribution is -2.58. The van der Waals surface area contributed by atoms with Gasteiger partial charge in [-0.15, -0.1) is 0 Å². The molecule has 12 heteroatoms. The molecule has 0 spiro atoms. The molecule has 4 rings (SSSR count). The Morgan fingerprint density at radius 1 is 0.796 bits per heavy atom. The minimum atomic E-state index is -1.44. The Morgan fingerprint density at radius 2 is 1.37 bits per heavy atom. The maximum Gasteiger partial charge on any atom is 0.408 e. The van der Waals surface area contributed by atoms with Gasteiger partial charge in [-0.05, 0) is 43.5 Å². The molecule has 0 bridgehead atoms. The highest BCUT2D eigenvalue weighted by Gasteiger charge is 2.32. The normalized spacial score (nSPS) is 13.1. The monoisotopic (exact) mass is 669 g/mol. The standard InChI is InChI=1S/C37H43N5O7/c1-37(2,3)49-36(48)40-31(23-43)34(46)38-29(20-27-22-42(24-44)32-18-12-11-17-28(27)32)33(45)39-30(19-25-13-7-5-8-14-25)35(47)41(4)21-26-15-9-6-10-16-26/h5-18,22,24,29-31,43H,19-21,23H2,1-4H3,(H,38,46)(H,39,45)(H,40,48)/t29-,30+,31?/m1/s1. The second kappa shape index (κ2) is 16.6. The second-order valence-corrected chi connectivity index (χ2v) is 12.8. The number of rotatable bonds is 14. The van der Waals surface area contributed by atoms with Crippen LogP contribution in [0.4, 0.5) is 4.79 Å². The Bertz CT molecular complexity index is 1750. The van der Waals surface area contributed by atoms with Crippen LogP contribution in [0, 0.1) is 0 Å². The molecule has 0 radical (unpaired) electrons. The third-order valence-electron chi connectivity index (χ3n) is 7.72. The first-order chi connectivity index (χ1) is 23.4. The van der Waals surface area contributed by atoms with Crippen molar-refractivity contribution in [3.63, 3.8) is 0 Å². The van der Waals surface area contributed by atoms with E-state index in [-0.39, 0.29) is 18.7 Å². The number of nitrogens with one attached hydrogen (secondary N) is 3. The highest BCUT2D eigenvalue weighted by molar-refractivity contribution is 5.95. The summed E-state index contributed by atoms with van der Waals surface area (Å²) in [5.41, 5.74) is 2.05. The number of aromatic nitrogens is 1. The number of amides is 4. The van der Waals surface area contributed by atoms with Crippen LogP contribution in [0.5, 0.6) is 0 Å². The Labute approximate surface area is 285 Å². The van der Waals surface area contributed by atoms with Gasteiger partial charge >= 0.3 is 6.09 Å². The molecule has 4 amide bonds. The first-order valence-electron chi connectivity index (χ1n) is 16.0. The number of para-hydroxylation sites is 1. The van der Waals surface area contributed by atoms with Gasteiger partial charge in [0.15, 0.2) is 0 Å². The molecule has 4 N–H and O–H groups in total. The zero-order valence-corrected chi connectivity index (χ0v) is 28.1. The molecule has 3 aromatic carbocycles. The van der Waals surface area contributed by atoms with Crippen molar-refractivity contribution in [2.45, 2.75) is 63.9 Å². The molecule has 1 unspecified atom stereocenters. The van der Waals surface area contributed by atoms with Gasteiger partial charge in [-0.3, -0.25) is 23.7 Å². The third-order valence-corrected chi connectivity index (χ3v) is 7.72. The molecule has 0 saturated carbocycles. The fraction of sp³-hybridized carbons (Fsp3) is 0.324. The first-order valence-corrected chi connectivity index (χ1v) is 16.0. The Hall–Kier alpha value is -5.49. The van der Waals surface area contributed by atoms with E-state index in [0.717, 1.165) is 11.1 Å². The Morgan fingerprint density at radius 3 is 1.98 bits per heavy atom. The van der Waals surface area contributed by atoms with Crippen molar-refractivity contribution in [1.82, 2.24) is 25.4 Å². The zero-order valence-electron chi connectivity index (χ0n) is 28.1. The predicted octanol–water partition coefficient (Wildman–Crippen LogP) is 2.98. The van der Waals surface area contributed by atoms with Gasteiger partial charge in [-0.2, -0.15) is 0 Å². The van der Waals surface area contributed by atoms with Crippen LogP contribution in [-0.4, -0.2) is 82.2 Å². The predicted molar refractivity (Wildman–Crippen MR) is 185 cm³/mol. The van der Waals surface area contributed by atoms with Crippen LogP contribution < -0.4 is 16.0 Å². The number of alkyl carbamates (subject to hydrolysis) is 1. The molecule has 1 heterocycles. The van der Waals surface area contributed by atoms with E-state index < -0.39 is 48.2 Å². The number of carbonyl (C=O) groups is 5. The molecule has 0 fully saturated rings. The third kappa shape index (κ3) is 10.2. The topological polar surface area (TPSA) is 159 Å². The van der Waals surface area contributed by atoms with Crippen molar-refractivity contribution < 1.29 is 33.8 Å². The molecule has 0 aliphatic rings. The highest BCUT2D eigenvalue weighted by atomic mass is 16.6. The molecule has 0 saturated heterocycles. The quantitative estimate of drug-likeness (QED) is 0.150. The van der Waals surface area contributed by atoms with E-state index in [0.29, 0.717) is 29.4 Å². The largest absolute Gasteiger partial charge is 0.444 e. The van der Waals surface area contributed by atoms with Crippen molar-refractivity contribution in [2.24, 2.45) is 0 Å². The van der Waals surface area contributed by atoms with Crippen molar-refractivity contribution in [2.75, 3.05) is 13.7 Å². The zero-order chi connectivity index (χ0) is 35.6. The molecule has 1 aromatic heterocycles. The van der Waals surface area contributed by atoms with Crippen LogP contribution in [0.15, 0.2) is 91.1 Å². The van der Waals surface area contributed by atoms with E-state index in [2.05, 4.69) is 16.0 Å². The number of carbonyl (C=O) groups excluding carboxylic acids is 5. The SMILES string of the molecule is CN(Cc1ccccc1)C(=O)[C@H](Cc1ccccc1)NC(=O)[C@@H](Cc1cn(C=O)c2ccccc12)NC(=O)C(CO)NC(=O)OC(C)(C)C. The number of aliphatic hydroxyl groups is 1. The van der Waals surface area contributed by atoms with Crippen molar-refractivity contribution in [1.29, 1.82) is 0 Å². The molecule has 0 aliphatic heterocycles. The van der Waals surface area contributed by atoms with E-state index in [4.69, 9.17) is 4.74 Å². The lowest BCUT2D eigenvalue weighted by Gasteiger charge is -2.28. The summed E-state index contributed by atoms with van der Waals surface area (Å²) in [6, 6.07) is 22.1. The van der Waals surface area contributed by atoms with Crippen LogP contribution in [0.1, 0.15) is 37.5 Å². The van der Waals surface area contributed by atoms with Gasteiger partial charge in [0.1, 0.15) is 23.7 Å². The maximum absolute atomic E-state index is 14.2. The number of hydrogen-bond donors (Lipinski definition) is 4. The summed E-state index contributed by atoms with van der Waals surface area (Å²) < 4.78 is 6.61. The summed E-state index contributed by atoms with van der Waals surface area (Å²) in [5.74, 6) is -1.86. The first kappa shape index (κ1) is 36.3. The molecule has 258 valence electrons. The van der Waals surface area contributed by atoms with Crippen molar-refractivity contribution in [3.05, 3.63) is 108 Å². The molecule has 4 aromatic rings. The molecular weight excluding hydrogens is 626 g/mol. The maximum atomic E-state index is 14.2. The van der Waals surface area contributed by atoms with E-state index in [9.17, 15) is 29.1 Å². The van der Waals surface area contributed by atoms with Crippen molar-refractivity contribution in [3.8, 4) is 0 Å². The van der Waals surface area contributed by atoms with E-state index in [1.54, 1.807) is 58.3 Å². The summed E-state index contributed by atoms with van der Waals surface area (Å²) in [6.45, 7) is 4.49. The van der Waals surface area contributed by atoms with Crippen LogP contribution in [0.3, 0.4) is 0 Å². The number of hydrogen-bond acceptors (Lipinski definition) is 7. The van der Waals surface area contributed by atoms with Crippen LogP contribution in [0.2, 0.25) is 0 Å². The van der Waals surface area contributed by atoms with Gasteiger partial charge in [-0.1, -0.05) is 78.9 Å². The number of aliphatic hydroxyl groups excluding tert-OH is 1. The van der Waals surface area contributed by atoms with Gasteiger partial charge in [-0.25, -0.2) is 4.79 Å². The molecule has 49 heavy (non-hydrogen) atoms. The van der Waals surface area contributed by atoms with Crippen LogP contribution in [-0.2, 0) is 43.3 Å². The van der Waals surface area contributed by atoms with E-state index in [1.165, 1.54) is 9.47 Å². The van der Waals surface area contributed by atoms with E-state index >= 15 is 0 Å². The second-order valence-electron chi connectivity index (χ2n) is 12.8. The molecule has 0 aliphatic carbocycles. The number of nitrogens with zero attached hydrogens (tertiary/aromatic N) is 2. The number of ether oxygens (including phenoxy) is 1. The average Bonchev–Trinajstić information content (AvgIpc) is 3.43. The van der Waals surface area contributed by atoms with E-state index in [1.807, 2.05) is 60.7 Å². The lowest BCUT2D eigenvalue weighted by atomic mass is 10.0. The summed E-state index contributed by atoms with van der Waals surface area (Å²) in [6.07, 6.45) is 1.40.